The van der Waals surface area contributed by atoms with Crippen molar-refractivity contribution in [3.8, 4) is 22.7 Å². The molecule has 0 atom stereocenters. The third-order valence-electron chi connectivity index (χ3n) is 3.59. The van der Waals surface area contributed by atoms with Gasteiger partial charge >= 0.3 is 12.1 Å². The second-order valence-corrected chi connectivity index (χ2v) is 5.89. The van der Waals surface area contributed by atoms with Gasteiger partial charge in [0.1, 0.15) is 5.75 Å². The van der Waals surface area contributed by atoms with Gasteiger partial charge in [-0.15, -0.1) is 0 Å². The van der Waals surface area contributed by atoms with Gasteiger partial charge in [-0.2, -0.15) is 18.3 Å². The zero-order valence-electron chi connectivity index (χ0n) is 13.6. The number of aromatic nitrogens is 2. The van der Waals surface area contributed by atoms with Crippen LogP contribution in [-0.2, 0) is 11.0 Å². The number of rotatable bonds is 5. The van der Waals surface area contributed by atoms with Gasteiger partial charge < -0.3 is 9.84 Å². The minimum Gasteiger partial charge on any atom is -0.482 e. The lowest BCUT2D eigenvalue weighted by Crippen LogP contribution is -2.09. The van der Waals surface area contributed by atoms with Crippen LogP contribution in [0.5, 0.6) is 5.75 Å². The highest BCUT2D eigenvalue weighted by atomic mass is 35.5. The molecule has 0 unspecified atom stereocenters. The Morgan fingerprint density at radius 3 is 2.41 bits per heavy atom. The number of hydrogen-bond acceptors (Lipinski definition) is 3. The predicted molar refractivity (Wildman–Crippen MR) is 92.1 cm³/mol. The first kappa shape index (κ1) is 18.8. The smallest absolute Gasteiger partial charge is 0.435 e. The summed E-state index contributed by atoms with van der Waals surface area (Å²) in [5.41, 5.74) is -0.139. The summed E-state index contributed by atoms with van der Waals surface area (Å²) in [6.07, 6.45) is -4.62. The molecular formula is C18H12ClF3N2O3. The van der Waals surface area contributed by atoms with E-state index in [0.29, 0.717) is 11.3 Å². The Morgan fingerprint density at radius 2 is 1.81 bits per heavy atom. The lowest BCUT2D eigenvalue weighted by Gasteiger charge is -2.10. The summed E-state index contributed by atoms with van der Waals surface area (Å²) in [5, 5.41) is 12.5. The Hall–Kier alpha value is -3.00. The number of carbonyl (C=O) groups is 1. The van der Waals surface area contributed by atoms with Crippen molar-refractivity contribution in [1.82, 2.24) is 9.78 Å². The highest BCUT2D eigenvalue weighted by molar-refractivity contribution is 6.32. The maximum Gasteiger partial charge on any atom is 0.435 e. The number of alkyl halides is 3. The zero-order chi connectivity index (χ0) is 19.6. The van der Waals surface area contributed by atoms with Crippen LogP contribution in [0.25, 0.3) is 16.9 Å². The predicted octanol–water partition coefficient (Wildman–Crippen LogP) is 4.67. The number of halogens is 4. The van der Waals surface area contributed by atoms with Crippen molar-refractivity contribution in [3.63, 3.8) is 0 Å². The molecule has 0 aliphatic carbocycles. The zero-order valence-corrected chi connectivity index (χ0v) is 14.3. The van der Waals surface area contributed by atoms with Crippen LogP contribution in [0.2, 0.25) is 5.02 Å². The molecule has 27 heavy (non-hydrogen) atoms. The molecule has 0 fully saturated rings. The van der Waals surface area contributed by atoms with Gasteiger partial charge in [0.2, 0.25) is 0 Å². The molecular weight excluding hydrogens is 385 g/mol. The van der Waals surface area contributed by atoms with Crippen molar-refractivity contribution in [1.29, 1.82) is 0 Å². The summed E-state index contributed by atoms with van der Waals surface area (Å²) < 4.78 is 45.7. The van der Waals surface area contributed by atoms with Crippen molar-refractivity contribution in [2.75, 3.05) is 6.61 Å². The first-order chi connectivity index (χ1) is 12.8. The van der Waals surface area contributed by atoms with Crippen LogP contribution in [0.3, 0.4) is 0 Å². The van der Waals surface area contributed by atoms with Gasteiger partial charge in [-0.05, 0) is 42.5 Å². The number of benzene rings is 2. The van der Waals surface area contributed by atoms with Crippen LogP contribution < -0.4 is 4.74 Å². The molecule has 0 radical (unpaired) electrons. The summed E-state index contributed by atoms with van der Waals surface area (Å²) in [6, 6.07) is 13.3. The molecule has 3 rings (SSSR count). The van der Waals surface area contributed by atoms with Crippen LogP contribution in [0.15, 0.2) is 54.6 Å². The van der Waals surface area contributed by atoms with Gasteiger partial charge in [0.05, 0.1) is 16.4 Å². The quantitative estimate of drug-likeness (QED) is 0.680. The number of hydrogen-bond donors (Lipinski definition) is 1. The number of carboxylic acid groups (broad SMARTS) is 1. The van der Waals surface area contributed by atoms with E-state index in [4.69, 9.17) is 21.4 Å². The van der Waals surface area contributed by atoms with E-state index in [-0.39, 0.29) is 16.5 Å². The standard InChI is InChI=1S/C18H12ClF3N2O3/c19-13-3-1-2-4-14(13)24-15(9-16(23-24)18(20,21)22)11-5-7-12(8-6-11)27-10-17(25)26/h1-9H,10H2,(H,25,26). The number of para-hydroxylation sites is 1. The SMILES string of the molecule is O=C(O)COc1ccc(-c2cc(C(F)(F)F)nn2-c2ccccc2Cl)cc1. The maximum atomic E-state index is 13.2. The molecule has 1 aromatic heterocycles. The van der Waals surface area contributed by atoms with Gasteiger partial charge in [0, 0.05) is 5.56 Å². The van der Waals surface area contributed by atoms with Crippen molar-refractivity contribution in [2.24, 2.45) is 0 Å². The molecule has 0 spiro atoms. The first-order valence-electron chi connectivity index (χ1n) is 7.63. The molecule has 9 heteroatoms. The number of ether oxygens (including phenoxy) is 1. The van der Waals surface area contributed by atoms with E-state index in [1.54, 1.807) is 24.3 Å². The molecule has 0 aliphatic rings. The van der Waals surface area contributed by atoms with E-state index >= 15 is 0 Å². The lowest BCUT2D eigenvalue weighted by atomic mass is 10.1. The second kappa shape index (κ2) is 7.32. The fourth-order valence-corrected chi connectivity index (χ4v) is 2.62. The topological polar surface area (TPSA) is 64.3 Å². The highest BCUT2D eigenvalue weighted by Crippen LogP contribution is 2.35. The average molecular weight is 397 g/mol. The summed E-state index contributed by atoms with van der Waals surface area (Å²) in [6.45, 7) is -0.519. The van der Waals surface area contributed by atoms with Gasteiger partial charge in [-0.25, -0.2) is 9.48 Å². The minimum absolute atomic E-state index is 0.181. The van der Waals surface area contributed by atoms with Gasteiger partial charge in [0.15, 0.2) is 12.3 Å². The Labute approximate surface area is 156 Å². The van der Waals surface area contributed by atoms with E-state index in [9.17, 15) is 18.0 Å². The maximum absolute atomic E-state index is 13.2. The molecule has 1 heterocycles. The van der Waals surface area contributed by atoms with Crippen molar-refractivity contribution in [2.45, 2.75) is 6.18 Å². The van der Waals surface area contributed by atoms with Crippen LogP contribution in [0, 0.1) is 0 Å². The number of aliphatic carboxylic acids is 1. The summed E-state index contributed by atoms with van der Waals surface area (Å²) >= 11 is 6.12. The fraction of sp³-hybridized carbons (Fsp3) is 0.111. The normalized spacial score (nSPS) is 11.4. The molecule has 0 amide bonds. The van der Waals surface area contributed by atoms with E-state index in [1.807, 2.05) is 0 Å². The lowest BCUT2D eigenvalue weighted by molar-refractivity contribution is -0.141. The number of nitrogens with zero attached hydrogens (tertiary/aromatic N) is 2. The van der Waals surface area contributed by atoms with Crippen LogP contribution in [0.1, 0.15) is 5.69 Å². The Balaban J connectivity index is 2.05. The third kappa shape index (κ3) is 4.22. The van der Waals surface area contributed by atoms with Crippen LogP contribution in [0.4, 0.5) is 13.2 Å². The second-order valence-electron chi connectivity index (χ2n) is 5.48. The molecule has 140 valence electrons. The van der Waals surface area contributed by atoms with Crippen molar-refractivity contribution < 1.29 is 27.8 Å². The molecule has 0 aliphatic heterocycles. The summed E-state index contributed by atoms with van der Waals surface area (Å²) in [4.78, 5) is 10.5. The molecule has 3 aromatic rings. The van der Waals surface area contributed by atoms with Gasteiger partial charge in [-0.3, -0.25) is 0 Å². The van der Waals surface area contributed by atoms with Crippen LogP contribution >= 0.6 is 11.6 Å². The largest absolute Gasteiger partial charge is 0.482 e. The first-order valence-corrected chi connectivity index (χ1v) is 8.00. The molecule has 1 N–H and O–H groups in total. The molecule has 0 saturated heterocycles. The summed E-state index contributed by atoms with van der Waals surface area (Å²) in [7, 11) is 0. The third-order valence-corrected chi connectivity index (χ3v) is 3.91. The minimum atomic E-state index is -4.62. The Kier molecular flexibility index (Phi) is 5.09. The molecule has 5 nitrogen and oxygen atoms in total. The molecule has 0 saturated carbocycles. The average Bonchev–Trinajstić information content (AvgIpc) is 3.06. The van der Waals surface area contributed by atoms with Gasteiger partial charge in [-0.1, -0.05) is 23.7 Å². The van der Waals surface area contributed by atoms with Crippen LogP contribution in [-0.4, -0.2) is 27.5 Å². The number of carboxylic acids is 1. The van der Waals surface area contributed by atoms with E-state index < -0.39 is 24.4 Å². The Morgan fingerprint density at radius 1 is 1.15 bits per heavy atom. The monoisotopic (exact) mass is 396 g/mol. The fourth-order valence-electron chi connectivity index (χ4n) is 2.40. The van der Waals surface area contributed by atoms with E-state index in [0.717, 1.165) is 10.7 Å². The van der Waals surface area contributed by atoms with Crippen molar-refractivity contribution >= 4 is 17.6 Å². The molecule has 2 aromatic carbocycles. The molecule has 0 bridgehead atoms. The van der Waals surface area contributed by atoms with E-state index in [1.165, 1.54) is 24.3 Å². The van der Waals surface area contributed by atoms with E-state index in [2.05, 4.69) is 5.10 Å². The summed E-state index contributed by atoms with van der Waals surface area (Å²) in [5.74, 6) is -0.855. The highest BCUT2D eigenvalue weighted by Gasteiger charge is 2.35. The van der Waals surface area contributed by atoms with Crippen molar-refractivity contribution in [3.05, 3.63) is 65.3 Å². The Bertz CT molecular complexity index is 969. The van der Waals surface area contributed by atoms with Gasteiger partial charge in [0.25, 0.3) is 0 Å².